The smallest absolute Gasteiger partial charge is 0.317 e. The van der Waals surface area contributed by atoms with Crippen LogP contribution in [0.15, 0.2) is 26.3 Å². The zero-order valence-corrected chi connectivity index (χ0v) is 36.9. The number of aliphatic hydroxyl groups is 1. The van der Waals surface area contributed by atoms with Crippen LogP contribution in [-0.4, -0.2) is 111 Å². The molecule has 320 valence electrons. The highest BCUT2D eigenvalue weighted by Gasteiger charge is 2.40. The molecule has 1 saturated heterocycles. The van der Waals surface area contributed by atoms with Crippen molar-refractivity contribution in [3.8, 4) is 0 Å². The van der Waals surface area contributed by atoms with Gasteiger partial charge in [0.1, 0.15) is 19.7 Å². The van der Waals surface area contributed by atoms with E-state index in [1.165, 1.54) is 83.6 Å². The molecule has 4 atom stereocenters. The summed E-state index contributed by atoms with van der Waals surface area (Å²) in [6, 6.07) is 0. The number of nitrogens with zero attached hydrogens (tertiary/aromatic N) is 2. The van der Waals surface area contributed by atoms with Crippen molar-refractivity contribution in [3.63, 3.8) is 0 Å². The van der Waals surface area contributed by atoms with Gasteiger partial charge in [0.25, 0.3) is 0 Å². The van der Waals surface area contributed by atoms with E-state index in [1.54, 1.807) is 13.8 Å². The summed E-state index contributed by atoms with van der Waals surface area (Å²) in [4.78, 5) is 45.2. The fourth-order valence-electron chi connectivity index (χ4n) is 6.01. The average molecular weight is 773 g/mol. The standard InChI is InChI=1S/C20H39NO4.C12H28NO.C8H12O3.2C2H4/c1-6-8-9-10-11-12-14-21(4,5)15-16-25-20(24)18(13-7-2)17(3)19(22)23;1-4-5-6-7-8-9-10-13(2,3)11-12-14;1-3-4-6-5(2)7(9)11-8(6)10;2*1-2/h17-18H,6-16H2,1-5H3;14H,4-12H2,1-3H3;5-6H,3-4H2,1-2H3;2*1-2H2/q;+1;;;/p+1. The van der Waals surface area contributed by atoms with Crippen LogP contribution in [0.2, 0.25) is 0 Å². The lowest BCUT2D eigenvalue weighted by molar-refractivity contribution is -0.890. The number of rotatable bonds is 26. The van der Waals surface area contributed by atoms with Crippen molar-refractivity contribution in [3.05, 3.63) is 26.3 Å². The molecule has 0 saturated carbocycles. The number of hydrogen-bond acceptors (Lipinski definition) is 7. The molecule has 10 nitrogen and oxygen atoms in total. The lowest BCUT2D eigenvalue weighted by atomic mass is 9.90. The van der Waals surface area contributed by atoms with E-state index < -0.39 is 17.8 Å². The summed E-state index contributed by atoms with van der Waals surface area (Å²) in [5.41, 5.74) is 0. The van der Waals surface area contributed by atoms with Crippen LogP contribution in [0.1, 0.15) is 144 Å². The molecule has 54 heavy (non-hydrogen) atoms. The molecule has 0 aromatic heterocycles. The van der Waals surface area contributed by atoms with Crippen molar-refractivity contribution in [2.75, 3.05) is 67.6 Å². The molecule has 0 aliphatic carbocycles. The number of likely N-dealkylation sites (N-methyl/N-ethyl adjacent to an activating group) is 2. The van der Waals surface area contributed by atoms with Crippen molar-refractivity contribution >= 4 is 23.9 Å². The van der Waals surface area contributed by atoms with Crippen LogP contribution in [0.5, 0.6) is 0 Å². The maximum atomic E-state index is 12.2. The van der Waals surface area contributed by atoms with Gasteiger partial charge in [-0.15, -0.1) is 26.3 Å². The summed E-state index contributed by atoms with van der Waals surface area (Å²) in [6.07, 6.45) is 18.8. The van der Waals surface area contributed by atoms with Gasteiger partial charge in [-0.25, -0.2) is 0 Å². The second-order valence-corrected chi connectivity index (χ2v) is 15.6. The van der Waals surface area contributed by atoms with Crippen LogP contribution in [-0.2, 0) is 28.7 Å². The van der Waals surface area contributed by atoms with Gasteiger partial charge in [-0.3, -0.25) is 19.2 Å². The first-order chi connectivity index (χ1) is 25.5. The van der Waals surface area contributed by atoms with E-state index in [0.717, 1.165) is 47.9 Å². The van der Waals surface area contributed by atoms with Crippen LogP contribution in [0.4, 0.5) is 0 Å². The lowest BCUT2D eigenvalue weighted by Gasteiger charge is -2.30. The molecular formula is C44H88N2O8+2. The first-order valence-electron chi connectivity index (χ1n) is 20.9. The number of carbonyl (C=O) groups is 4. The Morgan fingerprint density at radius 2 is 1.15 bits per heavy atom. The molecule has 1 rings (SSSR count). The average Bonchev–Trinajstić information content (AvgIpc) is 3.37. The predicted octanol–water partition coefficient (Wildman–Crippen LogP) is 9.25. The summed E-state index contributed by atoms with van der Waals surface area (Å²) >= 11 is 0. The van der Waals surface area contributed by atoms with Gasteiger partial charge in [0.2, 0.25) is 0 Å². The van der Waals surface area contributed by atoms with Crippen LogP contribution < -0.4 is 0 Å². The highest BCUT2D eigenvalue weighted by molar-refractivity contribution is 5.96. The quantitative estimate of drug-likeness (QED) is 0.0293. The van der Waals surface area contributed by atoms with E-state index >= 15 is 0 Å². The minimum Gasteiger partial charge on any atom is -0.481 e. The Bertz CT molecular complexity index is 938. The van der Waals surface area contributed by atoms with Crippen LogP contribution >= 0.6 is 0 Å². The number of esters is 3. The monoisotopic (exact) mass is 773 g/mol. The Morgan fingerprint density at radius 3 is 1.52 bits per heavy atom. The Kier molecular flexibility index (Phi) is 40.2. The Hall–Kier alpha value is -2.56. The highest BCUT2D eigenvalue weighted by atomic mass is 16.6. The first-order valence-corrected chi connectivity index (χ1v) is 20.9. The van der Waals surface area contributed by atoms with Crippen LogP contribution in [0.3, 0.4) is 0 Å². The van der Waals surface area contributed by atoms with Gasteiger partial charge in [-0.1, -0.05) is 106 Å². The minimum atomic E-state index is -0.936. The van der Waals surface area contributed by atoms with Gasteiger partial charge in [0.15, 0.2) is 0 Å². The van der Waals surface area contributed by atoms with Gasteiger partial charge in [0, 0.05) is 0 Å². The number of unbranched alkanes of at least 4 members (excludes halogenated alkanes) is 10. The van der Waals surface area contributed by atoms with E-state index in [0.29, 0.717) is 19.6 Å². The Labute approximate surface area is 332 Å². The molecule has 4 unspecified atom stereocenters. The minimum absolute atomic E-state index is 0.188. The van der Waals surface area contributed by atoms with E-state index in [1.807, 2.05) is 13.8 Å². The molecule has 0 radical (unpaired) electrons. The van der Waals surface area contributed by atoms with Gasteiger partial charge in [0.05, 0.1) is 71.6 Å². The van der Waals surface area contributed by atoms with Crippen molar-refractivity contribution in [1.82, 2.24) is 0 Å². The van der Waals surface area contributed by atoms with Crippen LogP contribution in [0, 0.1) is 23.7 Å². The zero-order chi connectivity index (χ0) is 42.6. The van der Waals surface area contributed by atoms with Crippen LogP contribution in [0.25, 0.3) is 0 Å². The number of cyclic esters (lactones) is 2. The van der Waals surface area contributed by atoms with Gasteiger partial charge in [-0.2, -0.15) is 0 Å². The number of quaternary nitrogens is 2. The zero-order valence-electron chi connectivity index (χ0n) is 36.9. The molecule has 0 aromatic carbocycles. The van der Waals surface area contributed by atoms with Gasteiger partial charge >= 0.3 is 23.9 Å². The molecule has 1 aliphatic heterocycles. The molecule has 2 N–H and O–H groups in total. The summed E-state index contributed by atoms with van der Waals surface area (Å²) in [5.74, 6) is -3.67. The molecule has 0 spiro atoms. The number of ether oxygens (including phenoxy) is 2. The molecular weight excluding hydrogens is 684 g/mol. The number of aliphatic hydroxyl groups excluding tert-OH is 1. The van der Waals surface area contributed by atoms with Crippen molar-refractivity contribution in [2.24, 2.45) is 23.7 Å². The topological polar surface area (TPSA) is 127 Å². The van der Waals surface area contributed by atoms with E-state index in [9.17, 15) is 19.2 Å². The molecule has 0 bridgehead atoms. The summed E-state index contributed by atoms with van der Waals surface area (Å²) in [7, 11) is 8.71. The highest BCUT2D eigenvalue weighted by Crippen LogP contribution is 2.26. The number of hydrogen-bond donors (Lipinski definition) is 2. The Morgan fingerprint density at radius 1 is 0.704 bits per heavy atom. The number of aliphatic carboxylic acids is 1. The maximum absolute atomic E-state index is 12.2. The molecule has 10 heteroatoms. The van der Waals surface area contributed by atoms with E-state index in [4.69, 9.17) is 14.9 Å². The fourth-order valence-corrected chi connectivity index (χ4v) is 6.01. The van der Waals surface area contributed by atoms with Crippen molar-refractivity contribution in [2.45, 2.75) is 144 Å². The largest absolute Gasteiger partial charge is 0.481 e. The summed E-state index contributed by atoms with van der Waals surface area (Å²) in [6.45, 7) is 28.3. The number of carboxylic acid groups (broad SMARTS) is 1. The van der Waals surface area contributed by atoms with Crippen molar-refractivity contribution < 1.29 is 47.8 Å². The summed E-state index contributed by atoms with van der Waals surface area (Å²) < 4.78 is 11.7. The second-order valence-electron chi connectivity index (χ2n) is 15.6. The fraction of sp³-hybridized carbons (Fsp3) is 0.818. The van der Waals surface area contributed by atoms with Gasteiger partial charge < -0.3 is 28.7 Å². The maximum Gasteiger partial charge on any atom is 0.317 e. The number of carboxylic acids is 1. The van der Waals surface area contributed by atoms with Gasteiger partial charge in [-0.05, 0) is 38.5 Å². The van der Waals surface area contributed by atoms with Crippen molar-refractivity contribution in [1.29, 1.82) is 0 Å². The first kappa shape index (κ1) is 58.2. The lowest BCUT2D eigenvalue weighted by Crippen LogP contribution is -2.43. The second kappa shape index (κ2) is 37.4. The third-order valence-corrected chi connectivity index (χ3v) is 9.85. The molecule has 1 heterocycles. The third kappa shape index (κ3) is 31.8. The predicted molar refractivity (Wildman–Crippen MR) is 225 cm³/mol. The molecule has 0 amide bonds. The SMILES string of the molecule is C=C.C=C.CCCC1C(=O)OC(=O)C1C.CCCCCCCC[N+](C)(C)CCO.CCCCCCCC[N+](C)(C)CCOC(=O)C(CCC)C(C)C(=O)O. The molecule has 1 fully saturated rings. The normalized spacial score (nSPS) is 16.1. The molecule has 0 aromatic rings. The number of carbonyl (C=O) groups excluding carboxylic acids is 3. The summed E-state index contributed by atoms with van der Waals surface area (Å²) in [5, 5.41) is 18.0. The molecule has 1 aliphatic rings. The third-order valence-electron chi connectivity index (χ3n) is 9.85. The van der Waals surface area contributed by atoms with E-state index in [2.05, 4.69) is 73.1 Å². The Balaban J connectivity index is -0.000000362. The van der Waals surface area contributed by atoms with E-state index in [-0.39, 0.29) is 29.7 Å².